The fourth-order valence-electron chi connectivity index (χ4n) is 6.33. The molecule has 1 aliphatic carbocycles. The maximum absolute atomic E-state index is 13.8. The zero-order valence-corrected chi connectivity index (χ0v) is 26.7. The van der Waals surface area contributed by atoms with Crippen LogP contribution in [0, 0.1) is 0 Å². The maximum Gasteiger partial charge on any atom is 0.251 e. The normalized spacial score (nSPS) is 18.8. The summed E-state index contributed by atoms with van der Waals surface area (Å²) in [7, 11) is -2.03. The average molecular weight is 624 g/mol. The van der Waals surface area contributed by atoms with Crippen LogP contribution in [0.25, 0.3) is 10.9 Å². The molecule has 1 saturated carbocycles. The number of aromatic nitrogens is 1. The van der Waals surface area contributed by atoms with Gasteiger partial charge < -0.3 is 25.6 Å². The second-order valence-corrected chi connectivity index (χ2v) is 14.3. The van der Waals surface area contributed by atoms with E-state index in [1.165, 1.54) is 17.8 Å². The molecule has 0 radical (unpaired) electrons. The number of nitrogens with one attached hydrogen (secondary N) is 3. The van der Waals surface area contributed by atoms with Crippen molar-refractivity contribution in [3.8, 4) is 0 Å². The smallest absolute Gasteiger partial charge is 0.251 e. The van der Waals surface area contributed by atoms with Crippen molar-refractivity contribution in [1.29, 1.82) is 0 Å². The van der Waals surface area contributed by atoms with E-state index >= 15 is 0 Å². The first-order valence-corrected chi connectivity index (χ1v) is 17.4. The minimum atomic E-state index is -3.55. The van der Waals surface area contributed by atoms with Gasteiger partial charge in [-0.3, -0.25) is 13.9 Å². The molecule has 44 heavy (non-hydrogen) atoms. The third kappa shape index (κ3) is 7.11. The second-order valence-electron chi connectivity index (χ2n) is 12.2. The molecule has 3 aromatic rings. The number of aliphatic hydroxyl groups excluding tert-OH is 1. The van der Waals surface area contributed by atoms with Crippen LogP contribution in [0.15, 0.2) is 48.7 Å². The van der Waals surface area contributed by atoms with E-state index in [9.17, 15) is 23.1 Å². The van der Waals surface area contributed by atoms with Gasteiger partial charge in [0.25, 0.3) is 5.91 Å². The lowest BCUT2D eigenvalue weighted by atomic mass is 9.95. The number of hydrogen-bond donors (Lipinski definition) is 4. The Morgan fingerprint density at radius 1 is 1.09 bits per heavy atom. The van der Waals surface area contributed by atoms with Gasteiger partial charge in [-0.1, -0.05) is 56.5 Å². The fourth-order valence-corrected chi connectivity index (χ4v) is 7.47. The van der Waals surface area contributed by atoms with Gasteiger partial charge in [-0.05, 0) is 55.9 Å². The highest BCUT2D eigenvalue weighted by Gasteiger charge is 2.30. The lowest BCUT2D eigenvalue weighted by Gasteiger charge is -2.28. The van der Waals surface area contributed by atoms with Crippen molar-refractivity contribution in [2.45, 2.75) is 89.6 Å². The molecule has 0 saturated heterocycles. The standard InChI is InChI=1S/C33H45N5O5S/c1-4-24-21-38-15-16-44(42,43)37(3)29-19-25(18-27(24)31(29)38)33(41)36-28(17-23-11-7-5-8-12-23)30(39)20-34-22(2)32(40)35-26-13-9-6-10-14-26/h5,7-8,11-12,18-19,21-22,26,28,30,34,39H,4,6,9-10,13-17,20H2,1-3H3,(H,35,40)(H,36,41)/t22-,28?,30?/m0/s1. The van der Waals surface area contributed by atoms with Crippen LogP contribution < -0.4 is 20.3 Å². The number of aryl methyl sites for hydroxylation is 2. The van der Waals surface area contributed by atoms with Gasteiger partial charge in [-0.25, -0.2) is 8.42 Å². The average Bonchev–Trinajstić information content (AvgIpc) is 3.35. The lowest BCUT2D eigenvalue weighted by molar-refractivity contribution is -0.123. The van der Waals surface area contributed by atoms with Gasteiger partial charge in [0.15, 0.2) is 0 Å². The van der Waals surface area contributed by atoms with E-state index in [0.29, 0.717) is 24.2 Å². The number of benzene rings is 2. The molecule has 0 spiro atoms. The minimum Gasteiger partial charge on any atom is -0.390 e. The monoisotopic (exact) mass is 623 g/mol. The van der Waals surface area contributed by atoms with Gasteiger partial charge >= 0.3 is 0 Å². The summed E-state index contributed by atoms with van der Waals surface area (Å²) in [5.41, 5.74) is 3.56. The molecule has 1 aliphatic heterocycles. The summed E-state index contributed by atoms with van der Waals surface area (Å²) in [5, 5.41) is 21.5. The number of carbonyl (C=O) groups excluding carboxylic acids is 2. The molecule has 2 heterocycles. The SMILES string of the molecule is CCc1cn2c3c(cc(C(=O)NC(Cc4ccccc4)C(O)CN[C@@H](C)C(=O)NC4CCCCC4)cc13)N(C)S(=O)(=O)CC2. The summed E-state index contributed by atoms with van der Waals surface area (Å²) < 4.78 is 29.1. The molecule has 2 aromatic carbocycles. The fraction of sp³-hybridized carbons (Fsp3) is 0.515. The van der Waals surface area contributed by atoms with E-state index in [0.717, 1.165) is 54.1 Å². The molecule has 3 atom stereocenters. The van der Waals surface area contributed by atoms with E-state index in [-0.39, 0.29) is 24.2 Å². The molecule has 5 rings (SSSR count). The Morgan fingerprint density at radius 2 is 1.82 bits per heavy atom. The Morgan fingerprint density at radius 3 is 2.52 bits per heavy atom. The molecule has 2 aliphatic rings. The van der Waals surface area contributed by atoms with E-state index in [2.05, 4.69) is 16.0 Å². The quantitative estimate of drug-likeness (QED) is 0.260. The Labute approximate surface area is 260 Å². The van der Waals surface area contributed by atoms with Crippen molar-refractivity contribution in [3.63, 3.8) is 0 Å². The highest BCUT2D eigenvalue weighted by molar-refractivity contribution is 7.92. The Kier molecular flexibility index (Phi) is 9.97. The van der Waals surface area contributed by atoms with Crippen molar-refractivity contribution < 1.29 is 23.1 Å². The summed E-state index contributed by atoms with van der Waals surface area (Å²) in [6.07, 6.45) is 7.53. The van der Waals surface area contributed by atoms with E-state index < -0.39 is 34.1 Å². The van der Waals surface area contributed by atoms with Crippen LogP contribution in [0.4, 0.5) is 5.69 Å². The van der Waals surface area contributed by atoms with Gasteiger partial charge in [0.05, 0.1) is 35.1 Å². The molecule has 1 aromatic heterocycles. The van der Waals surface area contributed by atoms with Gasteiger partial charge in [0.2, 0.25) is 15.9 Å². The molecule has 2 unspecified atom stereocenters. The summed E-state index contributed by atoms with van der Waals surface area (Å²) in [5.74, 6) is -0.526. The number of nitrogens with zero attached hydrogens (tertiary/aromatic N) is 2. The maximum atomic E-state index is 13.8. The highest BCUT2D eigenvalue weighted by Crippen LogP contribution is 2.35. The van der Waals surface area contributed by atoms with E-state index in [1.807, 2.05) is 54.1 Å². The predicted octanol–water partition coefficient (Wildman–Crippen LogP) is 3.11. The van der Waals surface area contributed by atoms with Crippen LogP contribution in [0.2, 0.25) is 0 Å². The van der Waals surface area contributed by atoms with Gasteiger partial charge in [0, 0.05) is 43.3 Å². The van der Waals surface area contributed by atoms with Gasteiger partial charge in [0.1, 0.15) is 0 Å². The summed E-state index contributed by atoms with van der Waals surface area (Å²) in [4.78, 5) is 26.6. The number of anilines is 1. The van der Waals surface area contributed by atoms with Crippen LogP contribution in [0.5, 0.6) is 0 Å². The Balaban J connectivity index is 1.36. The molecular weight excluding hydrogens is 578 g/mol. The first-order chi connectivity index (χ1) is 21.1. The number of sulfonamides is 1. The number of aliphatic hydroxyl groups is 1. The predicted molar refractivity (Wildman–Crippen MR) is 173 cm³/mol. The third-order valence-electron chi connectivity index (χ3n) is 9.08. The number of carbonyl (C=O) groups is 2. The Bertz CT molecular complexity index is 1580. The van der Waals surface area contributed by atoms with Gasteiger partial charge in [-0.2, -0.15) is 0 Å². The molecule has 4 N–H and O–H groups in total. The summed E-state index contributed by atoms with van der Waals surface area (Å²) in [6.45, 7) is 4.26. The number of hydrogen-bond acceptors (Lipinski definition) is 6. The molecule has 1 fully saturated rings. The third-order valence-corrected chi connectivity index (χ3v) is 10.8. The lowest BCUT2D eigenvalue weighted by Crippen LogP contribution is -2.53. The summed E-state index contributed by atoms with van der Waals surface area (Å²) in [6, 6.07) is 12.1. The van der Waals surface area contributed by atoms with Crippen LogP contribution in [0.1, 0.15) is 67.4 Å². The first kappa shape index (κ1) is 32.0. The highest BCUT2D eigenvalue weighted by atomic mass is 32.2. The number of rotatable bonds is 11. The van der Waals surface area contributed by atoms with Crippen LogP contribution >= 0.6 is 0 Å². The van der Waals surface area contributed by atoms with Crippen LogP contribution in [-0.4, -0.2) is 73.5 Å². The largest absolute Gasteiger partial charge is 0.390 e. The van der Waals surface area contributed by atoms with Crippen molar-refractivity contribution >= 4 is 38.4 Å². The summed E-state index contributed by atoms with van der Waals surface area (Å²) >= 11 is 0. The van der Waals surface area contributed by atoms with Crippen molar-refractivity contribution in [2.24, 2.45) is 0 Å². The topological polar surface area (TPSA) is 133 Å². The molecule has 0 bridgehead atoms. The zero-order chi connectivity index (χ0) is 31.4. The molecular formula is C33H45N5O5S. The Hall–Kier alpha value is -3.41. The first-order valence-electron chi connectivity index (χ1n) is 15.8. The van der Waals surface area contributed by atoms with Gasteiger partial charge in [-0.15, -0.1) is 0 Å². The van der Waals surface area contributed by atoms with Crippen molar-refractivity contribution in [1.82, 2.24) is 20.5 Å². The van der Waals surface area contributed by atoms with Crippen LogP contribution in [0.3, 0.4) is 0 Å². The zero-order valence-electron chi connectivity index (χ0n) is 25.9. The number of amides is 2. The molecule has 11 heteroatoms. The molecule has 238 valence electrons. The van der Waals surface area contributed by atoms with Crippen molar-refractivity contribution in [2.75, 3.05) is 23.7 Å². The van der Waals surface area contributed by atoms with Crippen LogP contribution in [-0.2, 0) is 34.2 Å². The molecule has 2 amide bonds. The van der Waals surface area contributed by atoms with E-state index in [1.54, 1.807) is 13.0 Å². The van der Waals surface area contributed by atoms with E-state index in [4.69, 9.17) is 0 Å². The van der Waals surface area contributed by atoms with Crippen molar-refractivity contribution in [3.05, 3.63) is 65.4 Å². The molecule has 10 nitrogen and oxygen atoms in total. The minimum absolute atomic E-state index is 0.0257. The second kappa shape index (κ2) is 13.7.